The lowest BCUT2D eigenvalue weighted by Crippen LogP contribution is -2.44. The molecule has 1 N–H and O–H groups in total. The molecule has 1 aromatic rings. The molecule has 1 unspecified atom stereocenters. The number of ether oxygens (including phenoxy) is 1. The number of halogens is 1. The van der Waals surface area contributed by atoms with Crippen molar-refractivity contribution in [2.24, 2.45) is 0 Å². The minimum atomic E-state index is -0.0468. The molecule has 0 bridgehead atoms. The number of likely N-dealkylation sites (N-methyl/N-ethyl adjacent to an activating group) is 1. The molecule has 1 aliphatic carbocycles. The van der Waals surface area contributed by atoms with Crippen LogP contribution in [0.25, 0.3) is 0 Å². The lowest BCUT2D eigenvalue weighted by atomic mass is 9.83. The summed E-state index contributed by atoms with van der Waals surface area (Å²) in [7, 11) is 3.91. The molecular formula is C14H22BrNOS. The van der Waals surface area contributed by atoms with E-state index in [1.807, 2.05) is 14.2 Å². The molecule has 0 aromatic carbocycles. The van der Waals surface area contributed by atoms with Crippen LogP contribution in [0.1, 0.15) is 50.1 Å². The predicted molar refractivity (Wildman–Crippen MR) is 81.3 cm³/mol. The van der Waals surface area contributed by atoms with Crippen LogP contribution in [0.5, 0.6) is 0 Å². The molecule has 2 rings (SSSR count). The van der Waals surface area contributed by atoms with Crippen LogP contribution in [-0.2, 0) is 4.74 Å². The molecular weight excluding hydrogens is 310 g/mol. The monoisotopic (exact) mass is 331 g/mol. The zero-order chi connectivity index (χ0) is 13.0. The first-order valence-corrected chi connectivity index (χ1v) is 8.41. The van der Waals surface area contributed by atoms with Gasteiger partial charge in [0.2, 0.25) is 0 Å². The molecule has 1 heterocycles. The van der Waals surface area contributed by atoms with Crippen molar-refractivity contribution in [2.75, 3.05) is 14.2 Å². The third-order valence-electron chi connectivity index (χ3n) is 4.12. The van der Waals surface area contributed by atoms with Crippen molar-refractivity contribution in [3.05, 3.63) is 20.8 Å². The Morgan fingerprint density at radius 3 is 2.39 bits per heavy atom. The Bertz CT molecular complexity index is 372. The van der Waals surface area contributed by atoms with E-state index >= 15 is 0 Å². The molecule has 0 spiro atoms. The normalized spacial score (nSPS) is 21.5. The van der Waals surface area contributed by atoms with Gasteiger partial charge in [0, 0.05) is 17.0 Å². The van der Waals surface area contributed by atoms with Crippen LogP contribution < -0.4 is 5.32 Å². The average Bonchev–Trinajstić information content (AvgIpc) is 2.67. The molecule has 0 saturated heterocycles. The van der Waals surface area contributed by atoms with Gasteiger partial charge in [0.1, 0.15) is 0 Å². The van der Waals surface area contributed by atoms with Crippen LogP contribution >= 0.6 is 27.3 Å². The van der Waals surface area contributed by atoms with E-state index in [0.29, 0.717) is 0 Å². The lowest BCUT2D eigenvalue weighted by Gasteiger charge is -2.39. The smallest absolute Gasteiger partial charge is 0.0873 e. The lowest BCUT2D eigenvalue weighted by molar-refractivity contribution is -0.0523. The SMILES string of the molecule is CNC(c1cscc1Br)C1(OC)CCCCCC1. The summed E-state index contributed by atoms with van der Waals surface area (Å²) in [6.45, 7) is 0. The summed E-state index contributed by atoms with van der Waals surface area (Å²) in [5, 5.41) is 7.87. The molecule has 1 atom stereocenters. The van der Waals surface area contributed by atoms with Gasteiger partial charge in [-0.25, -0.2) is 0 Å². The second-order valence-electron chi connectivity index (χ2n) is 5.08. The Balaban J connectivity index is 2.30. The molecule has 1 saturated carbocycles. The van der Waals surface area contributed by atoms with E-state index in [1.54, 1.807) is 11.3 Å². The summed E-state index contributed by atoms with van der Waals surface area (Å²) >= 11 is 5.41. The van der Waals surface area contributed by atoms with E-state index in [2.05, 4.69) is 32.0 Å². The highest BCUT2D eigenvalue weighted by Crippen LogP contribution is 2.42. The molecule has 4 heteroatoms. The van der Waals surface area contributed by atoms with Crippen LogP contribution in [-0.4, -0.2) is 19.8 Å². The maximum atomic E-state index is 6.01. The van der Waals surface area contributed by atoms with E-state index in [9.17, 15) is 0 Å². The number of thiophene rings is 1. The first kappa shape index (κ1) is 14.5. The van der Waals surface area contributed by atoms with Crippen LogP contribution in [0.4, 0.5) is 0 Å². The third-order valence-corrected chi connectivity index (χ3v) is 5.88. The van der Waals surface area contributed by atoms with E-state index in [0.717, 1.165) is 12.8 Å². The molecule has 0 amide bonds. The average molecular weight is 332 g/mol. The highest BCUT2D eigenvalue weighted by atomic mass is 79.9. The first-order valence-electron chi connectivity index (χ1n) is 6.67. The Hall–Kier alpha value is 0.1000. The van der Waals surface area contributed by atoms with Gasteiger partial charge >= 0.3 is 0 Å². The molecule has 0 radical (unpaired) electrons. The molecule has 2 nitrogen and oxygen atoms in total. The highest BCUT2D eigenvalue weighted by Gasteiger charge is 2.40. The van der Waals surface area contributed by atoms with Crippen molar-refractivity contribution in [2.45, 2.75) is 50.2 Å². The van der Waals surface area contributed by atoms with Gasteiger partial charge in [0.05, 0.1) is 11.6 Å². The van der Waals surface area contributed by atoms with Crippen LogP contribution in [0.15, 0.2) is 15.2 Å². The zero-order valence-electron chi connectivity index (χ0n) is 11.2. The van der Waals surface area contributed by atoms with Gasteiger partial charge in [-0.3, -0.25) is 0 Å². The molecule has 0 aliphatic heterocycles. The summed E-state index contributed by atoms with van der Waals surface area (Å²) in [5.74, 6) is 0. The quantitative estimate of drug-likeness (QED) is 0.819. The number of rotatable bonds is 4. The van der Waals surface area contributed by atoms with Gasteiger partial charge in [-0.05, 0) is 46.8 Å². The molecule has 1 aromatic heterocycles. The standard InChI is InChI=1S/C14H22BrNOS/c1-16-13(11-9-18-10-12(11)15)14(17-2)7-5-3-4-6-8-14/h9-10,13,16H,3-8H2,1-2H3. The fraction of sp³-hybridized carbons (Fsp3) is 0.714. The van der Waals surface area contributed by atoms with Crippen LogP contribution in [0.2, 0.25) is 0 Å². The third kappa shape index (κ3) is 2.82. The highest BCUT2D eigenvalue weighted by molar-refractivity contribution is 9.10. The Morgan fingerprint density at radius 1 is 1.28 bits per heavy atom. The maximum absolute atomic E-state index is 6.01. The Labute approximate surface area is 122 Å². The summed E-state index contributed by atoms with van der Waals surface area (Å²) in [6, 6.07) is 0.279. The topological polar surface area (TPSA) is 21.3 Å². The van der Waals surface area contributed by atoms with E-state index in [-0.39, 0.29) is 11.6 Å². The van der Waals surface area contributed by atoms with Crippen molar-refractivity contribution < 1.29 is 4.74 Å². The van der Waals surface area contributed by atoms with Crippen molar-refractivity contribution >= 4 is 27.3 Å². The van der Waals surface area contributed by atoms with Gasteiger partial charge in [-0.1, -0.05) is 25.7 Å². The molecule has 102 valence electrons. The van der Waals surface area contributed by atoms with Gasteiger partial charge in [-0.15, -0.1) is 0 Å². The van der Waals surface area contributed by atoms with Crippen molar-refractivity contribution in [1.29, 1.82) is 0 Å². The van der Waals surface area contributed by atoms with Crippen molar-refractivity contribution in [3.8, 4) is 0 Å². The number of hydrogen-bond acceptors (Lipinski definition) is 3. The van der Waals surface area contributed by atoms with E-state index in [1.165, 1.54) is 35.7 Å². The number of hydrogen-bond donors (Lipinski definition) is 1. The molecule has 1 fully saturated rings. The summed E-state index contributed by atoms with van der Waals surface area (Å²) in [5.41, 5.74) is 1.29. The van der Waals surface area contributed by atoms with Crippen LogP contribution in [0.3, 0.4) is 0 Å². The van der Waals surface area contributed by atoms with E-state index in [4.69, 9.17) is 4.74 Å². The van der Waals surface area contributed by atoms with Gasteiger partial charge < -0.3 is 10.1 Å². The fourth-order valence-electron chi connectivity index (χ4n) is 3.14. The largest absolute Gasteiger partial charge is 0.376 e. The first-order chi connectivity index (χ1) is 8.73. The van der Waals surface area contributed by atoms with Crippen molar-refractivity contribution in [1.82, 2.24) is 5.32 Å². The van der Waals surface area contributed by atoms with E-state index < -0.39 is 0 Å². The zero-order valence-corrected chi connectivity index (χ0v) is 13.6. The molecule has 1 aliphatic rings. The van der Waals surface area contributed by atoms with Gasteiger partial charge in [0.15, 0.2) is 0 Å². The maximum Gasteiger partial charge on any atom is 0.0873 e. The Morgan fingerprint density at radius 2 is 1.94 bits per heavy atom. The number of nitrogens with one attached hydrogen (secondary N) is 1. The van der Waals surface area contributed by atoms with Gasteiger partial charge in [0.25, 0.3) is 0 Å². The minimum Gasteiger partial charge on any atom is -0.376 e. The van der Waals surface area contributed by atoms with Crippen molar-refractivity contribution in [3.63, 3.8) is 0 Å². The minimum absolute atomic E-state index is 0.0468. The van der Waals surface area contributed by atoms with Crippen LogP contribution in [0, 0.1) is 0 Å². The number of methoxy groups -OCH3 is 1. The fourth-order valence-corrected chi connectivity index (χ4v) is 4.69. The second-order valence-corrected chi connectivity index (χ2v) is 6.68. The summed E-state index contributed by atoms with van der Waals surface area (Å²) in [4.78, 5) is 0. The molecule has 18 heavy (non-hydrogen) atoms. The summed E-state index contributed by atoms with van der Waals surface area (Å²) in [6.07, 6.45) is 7.52. The van der Waals surface area contributed by atoms with Gasteiger partial charge in [-0.2, -0.15) is 11.3 Å². The second kappa shape index (κ2) is 6.51. The summed E-state index contributed by atoms with van der Waals surface area (Å²) < 4.78 is 7.21. The predicted octanol–water partition coefficient (Wildman–Crippen LogP) is 4.51. The Kier molecular flexibility index (Phi) is 5.24.